The zero-order chi connectivity index (χ0) is 14.8. The van der Waals surface area contributed by atoms with Gasteiger partial charge in [0.2, 0.25) is 11.8 Å². The van der Waals surface area contributed by atoms with Crippen molar-refractivity contribution in [3.05, 3.63) is 35.5 Å². The van der Waals surface area contributed by atoms with Crippen molar-refractivity contribution in [2.24, 2.45) is 0 Å². The van der Waals surface area contributed by atoms with E-state index in [-0.39, 0.29) is 11.9 Å². The van der Waals surface area contributed by atoms with Crippen LogP contribution in [-0.2, 0) is 4.79 Å². The molecule has 6 nitrogen and oxygen atoms in total. The Bertz CT molecular complexity index is 665. The number of nitrogens with one attached hydrogen (secondary N) is 3. The number of aromatic amines is 1. The molecule has 1 aliphatic rings. The Labute approximate surface area is 122 Å². The summed E-state index contributed by atoms with van der Waals surface area (Å²) in [4.78, 5) is 12.0. The van der Waals surface area contributed by atoms with Crippen LogP contribution in [0.3, 0.4) is 0 Å². The molecule has 0 saturated carbocycles. The van der Waals surface area contributed by atoms with Crippen molar-refractivity contribution in [1.82, 2.24) is 15.5 Å². The molecule has 6 heteroatoms. The number of anilines is 1. The quantitative estimate of drug-likeness (QED) is 0.789. The molecule has 0 radical (unpaired) electrons. The Morgan fingerprint density at radius 1 is 1.38 bits per heavy atom. The minimum Gasteiger partial charge on any atom is -0.437 e. The number of rotatable bonds is 5. The van der Waals surface area contributed by atoms with Crippen molar-refractivity contribution >= 4 is 11.6 Å². The van der Waals surface area contributed by atoms with Gasteiger partial charge in [-0.05, 0) is 26.0 Å². The van der Waals surface area contributed by atoms with Crippen LogP contribution in [0.15, 0.2) is 24.3 Å². The van der Waals surface area contributed by atoms with E-state index >= 15 is 0 Å². The lowest BCUT2D eigenvalue weighted by Gasteiger charge is -2.10. The number of aromatic nitrogens is 2. The van der Waals surface area contributed by atoms with Crippen LogP contribution in [-0.4, -0.2) is 22.6 Å². The molecular weight excluding hydrogens is 268 g/mol. The van der Waals surface area contributed by atoms with Crippen molar-refractivity contribution in [3.8, 4) is 11.6 Å². The molecule has 2 heterocycles. The second kappa shape index (κ2) is 5.57. The highest BCUT2D eigenvalue weighted by molar-refractivity contribution is 6.02. The predicted octanol–water partition coefficient (Wildman–Crippen LogP) is 2.50. The van der Waals surface area contributed by atoms with E-state index in [0.29, 0.717) is 11.6 Å². The van der Waals surface area contributed by atoms with Crippen LogP contribution >= 0.6 is 0 Å². The number of fused-ring (bicyclic) bond motifs is 1. The summed E-state index contributed by atoms with van der Waals surface area (Å²) in [5, 5.41) is 13.0. The zero-order valence-electron chi connectivity index (χ0n) is 12.1. The molecule has 0 saturated heterocycles. The van der Waals surface area contributed by atoms with E-state index in [1.54, 1.807) is 0 Å². The zero-order valence-corrected chi connectivity index (χ0v) is 12.1. The molecule has 110 valence electrons. The maximum atomic E-state index is 12.0. The maximum absolute atomic E-state index is 12.0. The van der Waals surface area contributed by atoms with E-state index in [2.05, 4.69) is 27.8 Å². The molecule has 0 spiro atoms. The van der Waals surface area contributed by atoms with Gasteiger partial charge in [0, 0.05) is 29.1 Å². The largest absolute Gasteiger partial charge is 0.437 e. The second-order valence-electron chi connectivity index (χ2n) is 5.12. The number of carbonyl (C=O) groups excluding carboxylic acids is 1. The SMILES string of the molecule is CCCNC1C(=O)Nc2cc(Oc3cc(C)[nH]n3)ccc21. The number of ether oxygens (including phenoxy) is 1. The third-order valence-electron chi connectivity index (χ3n) is 3.36. The number of H-pyrrole nitrogens is 1. The first-order valence-corrected chi connectivity index (χ1v) is 7.05. The summed E-state index contributed by atoms with van der Waals surface area (Å²) in [5.41, 5.74) is 2.68. The first-order valence-electron chi connectivity index (χ1n) is 7.05. The standard InChI is InChI=1S/C15H18N4O2/c1-3-6-16-14-11-5-4-10(8-12(11)17-15(14)20)21-13-7-9(2)18-19-13/h4-5,7-8,14,16H,3,6H2,1-2H3,(H,17,20)(H,18,19). The average molecular weight is 286 g/mol. The van der Waals surface area contributed by atoms with E-state index in [9.17, 15) is 4.79 Å². The predicted molar refractivity (Wildman–Crippen MR) is 79.5 cm³/mol. The molecule has 3 rings (SSSR count). The fourth-order valence-corrected chi connectivity index (χ4v) is 2.36. The summed E-state index contributed by atoms with van der Waals surface area (Å²) in [6, 6.07) is 7.13. The number of amides is 1. The van der Waals surface area contributed by atoms with Crippen LogP contribution in [0.4, 0.5) is 5.69 Å². The Hall–Kier alpha value is -2.34. The summed E-state index contributed by atoms with van der Waals surface area (Å²) in [7, 11) is 0. The van der Waals surface area contributed by atoms with E-state index in [1.165, 1.54) is 0 Å². The number of aryl methyl sites for hydroxylation is 1. The van der Waals surface area contributed by atoms with Crippen LogP contribution in [0.2, 0.25) is 0 Å². The summed E-state index contributed by atoms with van der Waals surface area (Å²) in [6.45, 7) is 4.79. The Morgan fingerprint density at radius 2 is 2.24 bits per heavy atom. The minimum absolute atomic E-state index is 0.0220. The summed E-state index contributed by atoms with van der Waals surface area (Å²) >= 11 is 0. The monoisotopic (exact) mass is 286 g/mol. The third kappa shape index (κ3) is 2.75. The van der Waals surface area contributed by atoms with Gasteiger partial charge in [0.05, 0.1) is 0 Å². The summed E-state index contributed by atoms with van der Waals surface area (Å²) < 4.78 is 5.66. The van der Waals surface area contributed by atoms with Crippen LogP contribution < -0.4 is 15.4 Å². The third-order valence-corrected chi connectivity index (χ3v) is 3.36. The molecule has 21 heavy (non-hydrogen) atoms. The van der Waals surface area contributed by atoms with Crippen molar-refractivity contribution < 1.29 is 9.53 Å². The Balaban J connectivity index is 1.79. The highest BCUT2D eigenvalue weighted by Gasteiger charge is 2.30. The first-order chi connectivity index (χ1) is 10.2. The number of hydrogen-bond donors (Lipinski definition) is 3. The van der Waals surface area contributed by atoms with Gasteiger partial charge >= 0.3 is 0 Å². The second-order valence-corrected chi connectivity index (χ2v) is 5.12. The smallest absolute Gasteiger partial charge is 0.246 e. The summed E-state index contributed by atoms with van der Waals surface area (Å²) in [6.07, 6.45) is 0.985. The van der Waals surface area contributed by atoms with Crippen molar-refractivity contribution in [2.45, 2.75) is 26.3 Å². The van der Waals surface area contributed by atoms with Gasteiger partial charge in [-0.15, -0.1) is 5.10 Å². The fourth-order valence-electron chi connectivity index (χ4n) is 2.36. The molecule has 1 aromatic heterocycles. The van der Waals surface area contributed by atoms with Crippen LogP contribution in [0.1, 0.15) is 30.6 Å². The molecule has 2 aromatic rings. The van der Waals surface area contributed by atoms with Gasteiger partial charge in [-0.3, -0.25) is 9.89 Å². The Kier molecular flexibility index (Phi) is 3.62. The molecule has 1 atom stereocenters. The number of carbonyl (C=O) groups is 1. The first kappa shape index (κ1) is 13.6. The van der Waals surface area contributed by atoms with Gasteiger partial charge in [0.1, 0.15) is 11.8 Å². The molecule has 1 amide bonds. The van der Waals surface area contributed by atoms with E-state index in [1.807, 2.05) is 31.2 Å². The molecule has 0 bridgehead atoms. The average Bonchev–Trinajstić information content (AvgIpc) is 2.99. The molecule has 0 aliphatic carbocycles. The highest BCUT2D eigenvalue weighted by Crippen LogP contribution is 2.34. The lowest BCUT2D eigenvalue weighted by Crippen LogP contribution is -2.27. The highest BCUT2D eigenvalue weighted by atomic mass is 16.5. The van der Waals surface area contributed by atoms with E-state index < -0.39 is 0 Å². The molecule has 1 aromatic carbocycles. The molecular formula is C15H18N4O2. The lowest BCUT2D eigenvalue weighted by atomic mass is 10.1. The molecule has 0 fully saturated rings. The van der Waals surface area contributed by atoms with Crippen LogP contribution in [0.5, 0.6) is 11.6 Å². The molecule has 3 N–H and O–H groups in total. The molecule has 1 aliphatic heterocycles. The van der Waals surface area contributed by atoms with Gasteiger partial charge in [0.15, 0.2) is 0 Å². The lowest BCUT2D eigenvalue weighted by molar-refractivity contribution is -0.117. The van der Waals surface area contributed by atoms with Gasteiger partial charge in [0.25, 0.3) is 0 Å². The van der Waals surface area contributed by atoms with Gasteiger partial charge < -0.3 is 15.4 Å². The van der Waals surface area contributed by atoms with Gasteiger partial charge in [-0.25, -0.2) is 0 Å². The number of benzene rings is 1. The minimum atomic E-state index is -0.276. The molecule has 1 unspecified atom stereocenters. The van der Waals surface area contributed by atoms with Crippen LogP contribution in [0.25, 0.3) is 0 Å². The normalized spacial score (nSPS) is 16.7. The van der Waals surface area contributed by atoms with E-state index in [0.717, 1.165) is 29.9 Å². The summed E-state index contributed by atoms with van der Waals surface area (Å²) in [5.74, 6) is 1.14. The van der Waals surface area contributed by atoms with Crippen molar-refractivity contribution in [1.29, 1.82) is 0 Å². The van der Waals surface area contributed by atoms with Crippen molar-refractivity contribution in [2.75, 3.05) is 11.9 Å². The van der Waals surface area contributed by atoms with Gasteiger partial charge in [-0.1, -0.05) is 13.0 Å². The maximum Gasteiger partial charge on any atom is 0.246 e. The van der Waals surface area contributed by atoms with Crippen LogP contribution in [0, 0.1) is 6.92 Å². The van der Waals surface area contributed by atoms with Crippen molar-refractivity contribution in [3.63, 3.8) is 0 Å². The fraction of sp³-hybridized carbons (Fsp3) is 0.333. The number of hydrogen-bond acceptors (Lipinski definition) is 4. The Morgan fingerprint density at radius 3 is 2.95 bits per heavy atom. The topological polar surface area (TPSA) is 79.0 Å². The van der Waals surface area contributed by atoms with E-state index in [4.69, 9.17) is 4.74 Å². The number of nitrogens with zero attached hydrogens (tertiary/aromatic N) is 1. The van der Waals surface area contributed by atoms with Gasteiger partial charge in [-0.2, -0.15) is 0 Å².